The minimum absolute atomic E-state index is 0.122. The molecule has 10 heteroatoms. The first kappa shape index (κ1) is 35.5. The van der Waals surface area contributed by atoms with Crippen LogP contribution in [0.4, 0.5) is 5.69 Å². The highest BCUT2D eigenvalue weighted by atomic mass is 16.3. The molecule has 9 rings (SSSR count). The quantitative estimate of drug-likeness (QED) is 0.317. The maximum absolute atomic E-state index is 13.4. The van der Waals surface area contributed by atoms with E-state index in [9.17, 15) is 24.3 Å². The summed E-state index contributed by atoms with van der Waals surface area (Å²) in [4.78, 5) is 59.2. The molecule has 2 aliphatic carbocycles. The van der Waals surface area contributed by atoms with Crippen molar-refractivity contribution in [3.8, 4) is 5.75 Å². The van der Waals surface area contributed by atoms with E-state index in [-0.39, 0.29) is 30.6 Å². The van der Waals surface area contributed by atoms with Crippen LogP contribution < -0.4 is 10.2 Å². The molecular weight excluding hydrogens is 691 g/mol. The van der Waals surface area contributed by atoms with Crippen molar-refractivity contribution in [1.82, 2.24) is 20.0 Å². The number of aryl methyl sites for hydroxylation is 1. The van der Waals surface area contributed by atoms with Crippen LogP contribution in [0.25, 0.3) is 0 Å². The normalized spacial score (nSPS) is 25.2. The van der Waals surface area contributed by atoms with Crippen LogP contribution in [-0.2, 0) is 25.6 Å². The summed E-state index contributed by atoms with van der Waals surface area (Å²) in [6.07, 6.45) is 7.73. The molecule has 4 amide bonds. The first-order valence-electron chi connectivity index (χ1n) is 20.1. The number of imide groups is 2. The predicted octanol–water partition coefficient (Wildman–Crippen LogP) is 5.24. The third-order valence-corrected chi connectivity index (χ3v) is 13.1. The number of nitrogens with zero attached hydrogens (tertiary/aromatic N) is 4. The second-order valence-electron chi connectivity index (χ2n) is 16.2. The highest BCUT2D eigenvalue weighted by molar-refractivity contribution is 6.23. The van der Waals surface area contributed by atoms with E-state index in [1.165, 1.54) is 40.8 Å². The molecule has 3 aromatic carbocycles. The lowest BCUT2D eigenvalue weighted by molar-refractivity contribution is -0.150. The molecule has 3 fully saturated rings. The van der Waals surface area contributed by atoms with Crippen molar-refractivity contribution in [2.24, 2.45) is 5.92 Å². The van der Waals surface area contributed by atoms with Gasteiger partial charge in [0, 0.05) is 75.1 Å². The molecule has 0 aromatic heterocycles. The molecule has 3 atom stereocenters. The molecule has 3 aromatic rings. The number of benzene rings is 3. The van der Waals surface area contributed by atoms with Gasteiger partial charge in [-0.25, -0.2) is 0 Å². The lowest BCUT2D eigenvalue weighted by atomic mass is 9.69. The van der Waals surface area contributed by atoms with Crippen molar-refractivity contribution >= 4 is 29.3 Å². The number of fused-ring (bicyclic) bond motifs is 1. The Hall–Kier alpha value is -5.22. The number of amides is 4. The molecule has 4 aliphatic heterocycles. The number of carbonyl (C=O) groups is 4. The van der Waals surface area contributed by atoms with Gasteiger partial charge in [0.05, 0.1) is 5.57 Å². The largest absolute Gasteiger partial charge is 0.508 e. The van der Waals surface area contributed by atoms with E-state index in [4.69, 9.17) is 0 Å². The van der Waals surface area contributed by atoms with Gasteiger partial charge in [-0.1, -0.05) is 48.5 Å². The van der Waals surface area contributed by atoms with Crippen molar-refractivity contribution in [3.05, 3.63) is 118 Å². The van der Waals surface area contributed by atoms with Crippen molar-refractivity contribution in [2.75, 3.05) is 50.7 Å². The third kappa shape index (κ3) is 6.86. The molecule has 1 unspecified atom stereocenters. The fourth-order valence-electron chi connectivity index (χ4n) is 10.1. The van der Waals surface area contributed by atoms with E-state index in [0.717, 1.165) is 69.3 Å². The van der Waals surface area contributed by atoms with Gasteiger partial charge in [-0.05, 0) is 109 Å². The van der Waals surface area contributed by atoms with E-state index < -0.39 is 17.9 Å². The minimum Gasteiger partial charge on any atom is -0.508 e. The predicted molar refractivity (Wildman–Crippen MR) is 209 cm³/mol. The SMILES string of the molecule is O=C1CCC(N2C(=O)C3=C(CCC(N4CCN(CC5CCN(c6ccc([C@@H]7c8ccc(O)cc8CC[C@@H]7c7ccccc7)cc6)CC5)CC4)=C3)C2=O)C(=O)N1. The van der Waals surface area contributed by atoms with Crippen LogP contribution >= 0.6 is 0 Å². The number of hydrogen-bond acceptors (Lipinski definition) is 8. The smallest absolute Gasteiger partial charge is 0.262 e. The minimum atomic E-state index is -0.924. The fourth-order valence-corrected chi connectivity index (χ4v) is 10.1. The van der Waals surface area contributed by atoms with Gasteiger partial charge >= 0.3 is 0 Å². The molecular formula is C45H49N5O5. The number of rotatable bonds is 7. The zero-order chi connectivity index (χ0) is 37.6. The maximum Gasteiger partial charge on any atom is 0.262 e. The maximum atomic E-state index is 13.4. The van der Waals surface area contributed by atoms with E-state index >= 15 is 0 Å². The van der Waals surface area contributed by atoms with Gasteiger partial charge in [0.2, 0.25) is 11.8 Å². The number of piperidine rings is 2. The van der Waals surface area contributed by atoms with Gasteiger partial charge < -0.3 is 14.9 Å². The van der Waals surface area contributed by atoms with E-state index in [1.54, 1.807) is 0 Å². The molecule has 2 N–H and O–H groups in total. The second-order valence-corrected chi connectivity index (χ2v) is 16.2. The zero-order valence-electron chi connectivity index (χ0n) is 31.3. The Morgan fingerprint density at radius 3 is 2.20 bits per heavy atom. The number of aromatic hydroxyl groups is 1. The summed E-state index contributed by atoms with van der Waals surface area (Å²) in [5.41, 5.74) is 8.57. The molecule has 6 aliphatic rings. The third-order valence-electron chi connectivity index (χ3n) is 13.1. The summed E-state index contributed by atoms with van der Waals surface area (Å²) >= 11 is 0. The van der Waals surface area contributed by atoms with Gasteiger partial charge in [0.1, 0.15) is 11.8 Å². The Morgan fingerprint density at radius 2 is 1.45 bits per heavy atom. The summed E-state index contributed by atoms with van der Waals surface area (Å²) in [5.74, 6) is -0.0907. The molecule has 4 heterocycles. The number of allylic oxidation sites excluding steroid dienone is 1. The number of phenolic OH excluding ortho intramolecular Hbond substituents is 1. The second kappa shape index (κ2) is 14.8. The van der Waals surface area contributed by atoms with Gasteiger partial charge in [-0.15, -0.1) is 0 Å². The summed E-state index contributed by atoms with van der Waals surface area (Å²) < 4.78 is 0. The van der Waals surface area contributed by atoms with Crippen LogP contribution in [0.1, 0.15) is 79.0 Å². The lowest BCUT2D eigenvalue weighted by Gasteiger charge is -2.41. The van der Waals surface area contributed by atoms with Gasteiger partial charge in [0.15, 0.2) is 0 Å². The average molecular weight is 740 g/mol. The molecule has 0 bridgehead atoms. The number of anilines is 1. The Labute approximate surface area is 322 Å². The van der Waals surface area contributed by atoms with Crippen LogP contribution in [0.2, 0.25) is 0 Å². The Morgan fingerprint density at radius 1 is 0.691 bits per heavy atom. The first-order chi connectivity index (χ1) is 26.8. The molecule has 0 spiro atoms. The fraction of sp³-hybridized carbons (Fsp3) is 0.422. The first-order valence-corrected chi connectivity index (χ1v) is 20.1. The van der Waals surface area contributed by atoms with Crippen molar-refractivity contribution in [3.63, 3.8) is 0 Å². The molecule has 0 radical (unpaired) electrons. The molecule has 3 saturated heterocycles. The van der Waals surface area contributed by atoms with Crippen LogP contribution in [0, 0.1) is 5.92 Å². The number of carbonyl (C=O) groups excluding carboxylic acids is 4. The van der Waals surface area contributed by atoms with E-state index in [2.05, 4.69) is 80.7 Å². The Kier molecular flexibility index (Phi) is 9.54. The van der Waals surface area contributed by atoms with E-state index in [1.807, 2.05) is 18.2 Å². The highest BCUT2D eigenvalue weighted by Gasteiger charge is 2.46. The van der Waals surface area contributed by atoms with E-state index in [0.29, 0.717) is 41.6 Å². The van der Waals surface area contributed by atoms with Gasteiger partial charge in [-0.3, -0.25) is 34.3 Å². The Balaban J connectivity index is 0.782. The standard InChI is InChI=1S/C45H49N5O5/c51-35-12-15-37-32(26-35)8-13-36(30-4-2-1-3-5-30)42(37)31-6-9-33(10-7-31)48-20-18-29(19-21-48)28-47-22-24-49(25-23-47)34-11-14-38-39(27-34)45(55)50(44(38)54)40-16-17-41(52)46-43(40)53/h1-7,9-10,12,15,26-27,29,36,40,42,51H,8,11,13-14,16-25,28H2,(H,46,52,53)/t36-,40?,42+/m1/s1. The zero-order valence-corrected chi connectivity index (χ0v) is 31.3. The van der Waals surface area contributed by atoms with Gasteiger partial charge in [-0.2, -0.15) is 0 Å². The lowest BCUT2D eigenvalue weighted by Crippen LogP contribution is -2.54. The number of phenols is 1. The summed E-state index contributed by atoms with van der Waals surface area (Å²) in [6, 6.07) is 25.2. The summed E-state index contributed by atoms with van der Waals surface area (Å²) in [5, 5.41) is 12.5. The highest BCUT2D eigenvalue weighted by Crippen LogP contribution is 2.47. The monoisotopic (exact) mass is 739 g/mol. The van der Waals surface area contributed by atoms with Crippen LogP contribution in [0.5, 0.6) is 5.75 Å². The van der Waals surface area contributed by atoms with Crippen molar-refractivity contribution in [2.45, 2.75) is 69.2 Å². The van der Waals surface area contributed by atoms with Crippen LogP contribution in [-0.4, -0.2) is 95.3 Å². The number of nitrogens with one attached hydrogen (secondary N) is 1. The molecule has 55 heavy (non-hydrogen) atoms. The van der Waals surface area contributed by atoms with Crippen molar-refractivity contribution < 1.29 is 24.3 Å². The topological polar surface area (TPSA) is 114 Å². The Bertz CT molecular complexity index is 2060. The van der Waals surface area contributed by atoms with Crippen LogP contribution in [0.15, 0.2) is 95.7 Å². The summed E-state index contributed by atoms with van der Waals surface area (Å²) in [7, 11) is 0. The molecule has 284 valence electrons. The number of hydrogen-bond donors (Lipinski definition) is 2. The van der Waals surface area contributed by atoms with Crippen LogP contribution in [0.3, 0.4) is 0 Å². The summed E-state index contributed by atoms with van der Waals surface area (Å²) in [6.45, 7) is 6.90. The molecule has 10 nitrogen and oxygen atoms in total. The number of piperazine rings is 1. The van der Waals surface area contributed by atoms with Crippen molar-refractivity contribution in [1.29, 1.82) is 0 Å². The molecule has 0 saturated carbocycles. The average Bonchev–Trinajstić information content (AvgIpc) is 3.46. The van der Waals surface area contributed by atoms with Gasteiger partial charge in [0.25, 0.3) is 11.8 Å².